The average Bonchev–Trinajstić information content (AvgIpc) is 3.10. The maximum atomic E-state index is 12.7. The topological polar surface area (TPSA) is 89.2 Å². The normalized spacial score (nSPS) is 11.6. The van der Waals surface area contributed by atoms with Crippen LogP contribution in [0, 0.1) is 19.3 Å². The van der Waals surface area contributed by atoms with Crippen LogP contribution in [-0.4, -0.2) is 37.9 Å². The van der Waals surface area contributed by atoms with Gasteiger partial charge in [0.05, 0.1) is 11.6 Å². The molecule has 2 aromatic heterocycles. The van der Waals surface area contributed by atoms with E-state index in [0.29, 0.717) is 24.2 Å². The van der Waals surface area contributed by atoms with Gasteiger partial charge in [0.1, 0.15) is 11.4 Å². The van der Waals surface area contributed by atoms with Gasteiger partial charge in [0.25, 0.3) is 5.91 Å². The Morgan fingerprint density at radius 2 is 1.76 bits per heavy atom. The number of aromatic nitrogens is 3. The fourth-order valence-corrected chi connectivity index (χ4v) is 3.08. The van der Waals surface area contributed by atoms with Crippen molar-refractivity contribution in [1.29, 1.82) is 0 Å². The summed E-state index contributed by atoms with van der Waals surface area (Å²) in [5.41, 5.74) is 1.47. The summed E-state index contributed by atoms with van der Waals surface area (Å²) >= 11 is 0. The van der Waals surface area contributed by atoms with Gasteiger partial charge in [0, 0.05) is 25.0 Å². The van der Waals surface area contributed by atoms with Crippen LogP contribution in [0.4, 0.5) is 0 Å². The minimum atomic E-state index is -0.947. The minimum Gasteiger partial charge on any atom is -0.481 e. The van der Waals surface area contributed by atoms with Crippen molar-refractivity contribution in [2.75, 3.05) is 6.54 Å². The van der Waals surface area contributed by atoms with E-state index in [-0.39, 0.29) is 12.5 Å². The van der Waals surface area contributed by atoms with Crippen LogP contribution in [0.25, 0.3) is 5.82 Å². The molecule has 0 fully saturated rings. The van der Waals surface area contributed by atoms with E-state index in [9.17, 15) is 14.7 Å². The van der Waals surface area contributed by atoms with E-state index in [2.05, 4.69) is 10.4 Å². The van der Waals surface area contributed by atoms with Gasteiger partial charge in [-0.15, -0.1) is 0 Å². The Morgan fingerprint density at radius 3 is 2.24 bits per heavy atom. The van der Waals surface area contributed by atoms with Crippen molar-refractivity contribution in [3.8, 4) is 5.82 Å². The molecule has 1 amide bonds. The highest BCUT2D eigenvalue weighted by Crippen LogP contribution is 2.26. The number of carboxylic acid groups (broad SMARTS) is 1. The van der Waals surface area contributed by atoms with Crippen molar-refractivity contribution >= 4 is 11.9 Å². The minimum absolute atomic E-state index is 0.0894. The van der Waals surface area contributed by atoms with Crippen LogP contribution in [0.3, 0.4) is 0 Å². The van der Waals surface area contributed by atoms with Crippen molar-refractivity contribution in [1.82, 2.24) is 19.7 Å². The molecule has 0 aromatic carbocycles. The third-order valence-corrected chi connectivity index (χ3v) is 5.03. The first-order valence-electron chi connectivity index (χ1n) is 8.46. The van der Waals surface area contributed by atoms with Crippen LogP contribution in [0.5, 0.6) is 0 Å². The quantitative estimate of drug-likeness (QED) is 0.806. The molecule has 0 aliphatic carbocycles. The van der Waals surface area contributed by atoms with Crippen molar-refractivity contribution in [2.24, 2.45) is 12.5 Å². The summed E-state index contributed by atoms with van der Waals surface area (Å²) in [7, 11) is 1.78. The average molecular weight is 346 g/mol. The lowest BCUT2D eigenvalue weighted by Crippen LogP contribution is -2.42. The van der Waals surface area contributed by atoms with Gasteiger partial charge in [0.15, 0.2) is 0 Å². The molecule has 0 spiro atoms. The number of hydrogen-bond donors (Lipinski definition) is 2. The number of aliphatic carboxylic acids is 1. The first kappa shape index (κ1) is 18.8. The zero-order valence-corrected chi connectivity index (χ0v) is 15.5. The highest BCUT2D eigenvalue weighted by atomic mass is 16.4. The van der Waals surface area contributed by atoms with Gasteiger partial charge in [0.2, 0.25) is 0 Å². The third kappa shape index (κ3) is 3.31. The Morgan fingerprint density at radius 1 is 1.20 bits per heavy atom. The van der Waals surface area contributed by atoms with Crippen LogP contribution in [0.2, 0.25) is 0 Å². The summed E-state index contributed by atoms with van der Waals surface area (Å²) in [6.45, 7) is 7.67. The number of hydrogen-bond acceptors (Lipinski definition) is 3. The number of carboxylic acids is 1. The molecule has 2 aromatic rings. The molecule has 25 heavy (non-hydrogen) atoms. The summed E-state index contributed by atoms with van der Waals surface area (Å²) in [5, 5.41) is 16.5. The highest BCUT2D eigenvalue weighted by Gasteiger charge is 2.35. The van der Waals surface area contributed by atoms with Gasteiger partial charge in [-0.2, -0.15) is 5.10 Å². The molecule has 2 N–H and O–H groups in total. The molecule has 2 heterocycles. The predicted molar refractivity (Wildman–Crippen MR) is 95.0 cm³/mol. The molecule has 7 nitrogen and oxygen atoms in total. The Bertz CT molecular complexity index is 765. The zero-order valence-electron chi connectivity index (χ0n) is 15.5. The molecule has 0 saturated carbocycles. The summed E-state index contributed by atoms with van der Waals surface area (Å²) in [4.78, 5) is 24.3. The van der Waals surface area contributed by atoms with Gasteiger partial charge < -0.3 is 15.0 Å². The van der Waals surface area contributed by atoms with E-state index >= 15 is 0 Å². The fourth-order valence-electron chi connectivity index (χ4n) is 3.08. The Kier molecular flexibility index (Phi) is 5.35. The van der Waals surface area contributed by atoms with Crippen LogP contribution < -0.4 is 5.32 Å². The van der Waals surface area contributed by atoms with E-state index in [0.717, 1.165) is 11.4 Å². The number of nitrogens with zero attached hydrogens (tertiary/aromatic N) is 3. The van der Waals surface area contributed by atoms with Crippen LogP contribution >= 0.6 is 0 Å². The number of rotatable bonds is 7. The van der Waals surface area contributed by atoms with Gasteiger partial charge in [-0.1, -0.05) is 13.8 Å². The largest absolute Gasteiger partial charge is 0.481 e. The predicted octanol–water partition coefficient (Wildman–Crippen LogP) is 2.45. The fraction of sp³-hybridized carbons (Fsp3) is 0.500. The number of carbonyl (C=O) groups excluding carboxylic acids is 1. The van der Waals surface area contributed by atoms with Crippen molar-refractivity contribution in [3.05, 3.63) is 35.3 Å². The molecule has 0 radical (unpaired) electrons. The monoisotopic (exact) mass is 346 g/mol. The van der Waals surface area contributed by atoms with E-state index < -0.39 is 11.4 Å². The zero-order chi connectivity index (χ0) is 18.8. The SMILES string of the molecule is CCC(CC)(CNC(=O)c1cnn(C)c1-n1c(C)ccc1C)C(=O)O. The summed E-state index contributed by atoms with van der Waals surface area (Å²) in [5.74, 6) is -0.532. The van der Waals surface area contributed by atoms with Gasteiger partial charge >= 0.3 is 5.97 Å². The van der Waals surface area contributed by atoms with Crippen molar-refractivity contribution < 1.29 is 14.7 Å². The van der Waals surface area contributed by atoms with Gasteiger partial charge in [-0.3, -0.25) is 14.3 Å². The second-order valence-corrected chi connectivity index (χ2v) is 6.43. The smallest absolute Gasteiger partial charge is 0.311 e. The Labute approximate surface area is 147 Å². The second kappa shape index (κ2) is 7.13. The number of nitrogens with one attached hydrogen (secondary N) is 1. The summed E-state index contributed by atoms with van der Waals surface area (Å²) < 4.78 is 3.62. The molecule has 136 valence electrons. The maximum absolute atomic E-state index is 12.7. The lowest BCUT2D eigenvalue weighted by molar-refractivity contribution is -0.149. The first-order chi connectivity index (χ1) is 11.8. The summed E-state index contributed by atoms with van der Waals surface area (Å²) in [6.07, 6.45) is 2.42. The molecule has 7 heteroatoms. The van der Waals surface area contributed by atoms with Gasteiger partial charge in [-0.05, 0) is 38.8 Å². The van der Waals surface area contributed by atoms with E-state index in [1.807, 2.05) is 44.4 Å². The number of aryl methyl sites for hydroxylation is 3. The number of carbonyl (C=O) groups is 2. The second-order valence-electron chi connectivity index (χ2n) is 6.43. The first-order valence-corrected chi connectivity index (χ1v) is 8.46. The standard InChI is InChI=1S/C18H26N4O3/c1-6-18(7-2,17(24)25)11-19-15(23)14-10-20-21(5)16(14)22-12(3)8-9-13(22)4/h8-10H,6-7,11H2,1-5H3,(H,19,23)(H,24,25). The maximum Gasteiger partial charge on any atom is 0.311 e. The summed E-state index contributed by atoms with van der Waals surface area (Å²) in [6, 6.07) is 3.96. The van der Waals surface area contributed by atoms with Crippen LogP contribution in [-0.2, 0) is 11.8 Å². The van der Waals surface area contributed by atoms with Crippen LogP contribution in [0.15, 0.2) is 18.3 Å². The molecule has 0 bridgehead atoms. The highest BCUT2D eigenvalue weighted by molar-refractivity contribution is 5.97. The molecule has 0 saturated heterocycles. The van der Waals surface area contributed by atoms with Gasteiger partial charge in [-0.25, -0.2) is 0 Å². The molecular weight excluding hydrogens is 320 g/mol. The Hall–Kier alpha value is -2.57. The van der Waals surface area contributed by atoms with E-state index in [4.69, 9.17) is 0 Å². The third-order valence-electron chi connectivity index (χ3n) is 5.03. The molecule has 0 atom stereocenters. The lowest BCUT2D eigenvalue weighted by Gasteiger charge is -2.26. The molecular formula is C18H26N4O3. The van der Waals surface area contributed by atoms with E-state index in [1.54, 1.807) is 11.7 Å². The van der Waals surface area contributed by atoms with Crippen molar-refractivity contribution in [3.63, 3.8) is 0 Å². The molecule has 0 aliphatic heterocycles. The van der Waals surface area contributed by atoms with Crippen molar-refractivity contribution in [2.45, 2.75) is 40.5 Å². The van der Waals surface area contributed by atoms with E-state index in [1.165, 1.54) is 6.20 Å². The van der Waals surface area contributed by atoms with Crippen LogP contribution in [0.1, 0.15) is 48.4 Å². The molecule has 0 aliphatic rings. The molecule has 0 unspecified atom stereocenters. The molecule has 2 rings (SSSR count). The lowest BCUT2D eigenvalue weighted by atomic mass is 9.82. The Balaban J connectivity index is 2.32. The number of amides is 1.